The van der Waals surface area contributed by atoms with Gasteiger partial charge in [0, 0.05) is 7.05 Å². The van der Waals surface area contributed by atoms with E-state index in [1.54, 1.807) is 36.4 Å². The quantitative estimate of drug-likeness (QED) is 0.159. The van der Waals surface area contributed by atoms with Crippen LogP contribution in [0, 0.1) is 0 Å². The lowest BCUT2D eigenvalue weighted by Crippen LogP contribution is -2.37. The molecule has 0 radical (unpaired) electrons. The highest BCUT2D eigenvalue weighted by atomic mass is 31.2. The summed E-state index contributed by atoms with van der Waals surface area (Å²) < 4.78 is 36.3. The van der Waals surface area contributed by atoms with Crippen LogP contribution in [0.3, 0.4) is 0 Å². The van der Waals surface area contributed by atoms with Gasteiger partial charge in [-0.2, -0.15) is 0 Å². The summed E-state index contributed by atoms with van der Waals surface area (Å²) in [6, 6.07) is 15.9. The van der Waals surface area contributed by atoms with Crippen LogP contribution < -0.4 is 5.73 Å². The molecule has 176 valence electrons. The summed E-state index contributed by atoms with van der Waals surface area (Å²) in [5, 5.41) is 8.85. The maximum absolute atomic E-state index is 13.0. The molecule has 0 aliphatic carbocycles. The number of rotatable bonds is 11. The summed E-state index contributed by atoms with van der Waals surface area (Å²) >= 11 is 0. The third kappa shape index (κ3) is 8.73. The summed E-state index contributed by atoms with van der Waals surface area (Å²) in [6.07, 6.45) is 0. The molecule has 13 heteroatoms. The van der Waals surface area contributed by atoms with Crippen LogP contribution in [-0.2, 0) is 27.9 Å². The van der Waals surface area contributed by atoms with E-state index in [0.717, 1.165) is 4.90 Å². The van der Waals surface area contributed by atoms with Crippen LogP contribution in [0.4, 0.5) is 0 Å². The van der Waals surface area contributed by atoms with Gasteiger partial charge in [0.05, 0.1) is 11.1 Å². The smallest absolute Gasteiger partial charge is 0.462 e. The van der Waals surface area contributed by atoms with Crippen molar-refractivity contribution in [2.45, 2.75) is 0 Å². The van der Waals surface area contributed by atoms with E-state index in [9.17, 15) is 18.9 Å². The molecule has 0 aromatic heterocycles. The van der Waals surface area contributed by atoms with E-state index in [1.165, 1.54) is 31.3 Å². The second-order valence-corrected chi connectivity index (χ2v) is 7.92. The molecule has 0 aliphatic heterocycles. The van der Waals surface area contributed by atoms with Gasteiger partial charge in [0.15, 0.2) is 0 Å². The first-order valence-electron chi connectivity index (χ1n) is 9.32. The van der Waals surface area contributed by atoms with Gasteiger partial charge in [0.25, 0.3) is 0 Å². The second-order valence-electron chi connectivity index (χ2n) is 6.27. The Hall–Kier alpha value is -3.73. The Morgan fingerprint density at radius 1 is 0.909 bits per heavy atom. The SMILES string of the molecule is CN(CC(=O)O)/C(N)=N/P(=O)(OCOC(=O)c1ccccc1)OCOC(=O)c1ccccc1. The third-order valence-electron chi connectivity index (χ3n) is 3.82. The highest BCUT2D eigenvalue weighted by molar-refractivity contribution is 7.52. The number of carboxylic acid groups (broad SMARTS) is 1. The summed E-state index contributed by atoms with van der Waals surface area (Å²) in [6.45, 7) is -2.23. The molecule has 0 saturated heterocycles. The number of nitrogens with two attached hydrogens (primary N) is 1. The average molecular weight is 479 g/mol. The fourth-order valence-electron chi connectivity index (χ4n) is 2.19. The number of esters is 2. The molecule has 3 N–H and O–H groups in total. The molecule has 0 unspecified atom stereocenters. The number of benzene rings is 2. The van der Waals surface area contributed by atoms with Gasteiger partial charge >= 0.3 is 25.7 Å². The molecule has 0 heterocycles. The van der Waals surface area contributed by atoms with Gasteiger partial charge in [-0.25, -0.2) is 14.2 Å². The summed E-state index contributed by atoms with van der Waals surface area (Å²) in [5.41, 5.74) is 6.10. The van der Waals surface area contributed by atoms with E-state index in [0.29, 0.717) is 0 Å². The van der Waals surface area contributed by atoms with Crippen molar-refractivity contribution in [3.63, 3.8) is 0 Å². The summed E-state index contributed by atoms with van der Waals surface area (Å²) in [5.74, 6) is -3.25. The molecular formula is C20H22N3O9P. The van der Waals surface area contributed by atoms with Crippen LogP contribution in [0.15, 0.2) is 65.4 Å². The maximum Gasteiger partial charge on any atom is 0.462 e. The maximum atomic E-state index is 13.0. The van der Waals surface area contributed by atoms with Crippen LogP contribution in [-0.4, -0.2) is 61.1 Å². The molecular weight excluding hydrogens is 457 g/mol. The van der Waals surface area contributed by atoms with Crippen molar-refractivity contribution >= 4 is 31.6 Å². The lowest BCUT2D eigenvalue weighted by atomic mass is 10.2. The molecule has 0 fully saturated rings. The lowest BCUT2D eigenvalue weighted by molar-refractivity contribution is -0.137. The standard InChI is InChI=1S/C20H22N3O9P/c1-23(12-17(24)25)20(21)22-33(28,31-13-29-18(26)15-8-4-2-5-9-15)32-14-30-19(27)16-10-6-3-7-11-16/h2-11H,12-14H2,1H3,(H,24,25)(H2,21,22,28). The molecule has 33 heavy (non-hydrogen) atoms. The first kappa shape index (κ1) is 25.5. The van der Waals surface area contributed by atoms with E-state index in [1.807, 2.05) is 0 Å². The first-order chi connectivity index (χ1) is 15.7. The predicted molar refractivity (Wildman–Crippen MR) is 115 cm³/mol. The number of carbonyl (C=O) groups is 3. The molecule has 12 nitrogen and oxygen atoms in total. The second kappa shape index (κ2) is 12.3. The van der Waals surface area contributed by atoms with Crippen molar-refractivity contribution in [1.29, 1.82) is 0 Å². The van der Waals surface area contributed by atoms with Crippen molar-refractivity contribution in [2.75, 3.05) is 27.2 Å². The van der Waals surface area contributed by atoms with E-state index >= 15 is 0 Å². The van der Waals surface area contributed by atoms with E-state index in [2.05, 4.69) is 4.76 Å². The zero-order chi connectivity index (χ0) is 24.3. The highest BCUT2D eigenvalue weighted by Crippen LogP contribution is 2.50. The Kier molecular flexibility index (Phi) is 9.55. The Morgan fingerprint density at radius 2 is 1.33 bits per heavy atom. The van der Waals surface area contributed by atoms with Gasteiger partial charge in [-0.1, -0.05) is 36.4 Å². The number of carbonyl (C=O) groups excluding carboxylic acids is 2. The largest absolute Gasteiger partial charge is 0.480 e. The van der Waals surface area contributed by atoms with Crippen LogP contribution in [0.25, 0.3) is 0 Å². The molecule has 0 spiro atoms. The van der Waals surface area contributed by atoms with Gasteiger partial charge < -0.3 is 25.2 Å². The van der Waals surface area contributed by atoms with Gasteiger partial charge in [0.1, 0.15) is 6.54 Å². The minimum atomic E-state index is -4.49. The van der Waals surface area contributed by atoms with Crippen LogP contribution >= 0.6 is 7.75 Å². The number of ether oxygens (including phenoxy) is 2. The van der Waals surface area contributed by atoms with E-state index in [-0.39, 0.29) is 11.1 Å². The van der Waals surface area contributed by atoms with Crippen molar-refractivity contribution in [2.24, 2.45) is 10.5 Å². The normalized spacial score (nSPS) is 11.5. The zero-order valence-electron chi connectivity index (χ0n) is 17.5. The first-order valence-corrected chi connectivity index (χ1v) is 10.8. The molecule has 0 saturated carbocycles. The molecule has 0 amide bonds. The Labute approximate surface area is 189 Å². The predicted octanol–water partition coefficient (Wildman–Crippen LogP) is 2.09. The van der Waals surface area contributed by atoms with Crippen LogP contribution in [0.5, 0.6) is 0 Å². The number of nitrogens with zero attached hydrogens (tertiary/aromatic N) is 2. The highest BCUT2D eigenvalue weighted by Gasteiger charge is 2.28. The van der Waals surface area contributed by atoms with Gasteiger partial charge in [-0.05, 0) is 24.3 Å². The molecule has 2 rings (SSSR count). The number of likely N-dealkylation sites (N-methyl/N-ethyl adjacent to an activating group) is 1. The third-order valence-corrected chi connectivity index (χ3v) is 5.13. The number of hydrogen-bond donors (Lipinski definition) is 2. The van der Waals surface area contributed by atoms with Crippen molar-refractivity contribution in [3.8, 4) is 0 Å². The molecule has 0 atom stereocenters. The minimum Gasteiger partial charge on any atom is -0.480 e. The zero-order valence-corrected chi connectivity index (χ0v) is 18.4. The lowest BCUT2D eigenvalue weighted by Gasteiger charge is -2.19. The van der Waals surface area contributed by atoms with Gasteiger partial charge in [0.2, 0.25) is 19.5 Å². The number of carboxylic acids is 1. The molecule has 2 aromatic carbocycles. The Balaban J connectivity index is 2.04. The van der Waals surface area contributed by atoms with Gasteiger partial charge in [-0.15, -0.1) is 4.76 Å². The fraction of sp³-hybridized carbons (Fsp3) is 0.200. The fourth-order valence-corrected chi connectivity index (χ4v) is 3.15. The van der Waals surface area contributed by atoms with Crippen molar-refractivity contribution in [1.82, 2.24) is 4.90 Å². The summed E-state index contributed by atoms with van der Waals surface area (Å²) in [7, 11) is -3.21. The average Bonchev–Trinajstić information content (AvgIpc) is 2.79. The number of aliphatic carboxylic acids is 1. The van der Waals surface area contributed by atoms with Crippen LogP contribution in [0.2, 0.25) is 0 Å². The van der Waals surface area contributed by atoms with E-state index < -0.39 is 51.7 Å². The number of hydrogen-bond acceptors (Lipinski definition) is 8. The molecule has 0 aliphatic rings. The number of guanidine groups is 1. The van der Waals surface area contributed by atoms with Gasteiger partial charge in [-0.3, -0.25) is 13.8 Å². The summed E-state index contributed by atoms with van der Waals surface area (Å²) in [4.78, 5) is 35.8. The molecule has 0 bridgehead atoms. The Morgan fingerprint density at radius 3 is 1.73 bits per heavy atom. The van der Waals surface area contributed by atoms with Crippen LogP contribution in [0.1, 0.15) is 20.7 Å². The molecule has 2 aromatic rings. The van der Waals surface area contributed by atoms with Crippen molar-refractivity contribution < 1.29 is 42.6 Å². The van der Waals surface area contributed by atoms with E-state index in [4.69, 9.17) is 29.4 Å². The monoisotopic (exact) mass is 479 g/mol. The Bertz CT molecular complexity index is 970. The van der Waals surface area contributed by atoms with Crippen molar-refractivity contribution in [3.05, 3.63) is 71.8 Å². The topological polar surface area (TPSA) is 167 Å². The minimum absolute atomic E-state index is 0.220.